The molecule has 0 bridgehead atoms. The Labute approximate surface area is 192 Å². The zero-order valence-corrected chi connectivity index (χ0v) is 18.4. The van der Waals surface area contributed by atoms with Crippen LogP contribution >= 0.6 is 23.8 Å². The van der Waals surface area contributed by atoms with Crippen LogP contribution in [-0.4, -0.2) is 24.2 Å². The zero-order chi connectivity index (χ0) is 21.9. The van der Waals surface area contributed by atoms with Crippen molar-refractivity contribution in [3.8, 4) is 11.5 Å². The van der Waals surface area contributed by atoms with Crippen molar-refractivity contribution in [2.24, 2.45) is 0 Å². The number of amides is 1. The molecule has 0 unspecified atom stereocenters. The van der Waals surface area contributed by atoms with E-state index in [0.29, 0.717) is 30.4 Å². The monoisotopic (exact) mass is 454 g/mol. The third kappa shape index (κ3) is 7.92. The summed E-state index contributed by atoms with van der Waals surface area (Å²) in [6.07, 6.45) is 0.832. The van der Waals surface area contributed by atoms with Gasteiger partial charge < -0.3 is 20.1 Å². The summed E-state index contributed by atoms with van der Waals surface area (Å²) in [4.78, 5) is 12.2. The summed E-state index contributed by atoms with van der Waals surface area (Å²) in [6.45, 7) is 0.836. The van der Waals surface area contributed by atoms with Gasteiger partial charge in [-0.25, -0.2) is 0 Å². The molecule has 1 amide bonds. The van der Waals surface area contributed by atoms with Crippen LogP contribution in [0.25, 0.3) is 0 Å². The highest BCUT2D eigenvalue weighted by Gasteiger charge is 2.08. The average Bonchev–Trinajstić information content (AvgIpc) is 2.77. The van der Waals surface area contributed by atoms with E-state index in [4.69, 9.17) is 33.3 Å². The molecule has 31 heavy (non-hydrogen) atoms. The third-order valence-electron chi connectivity index (χ3n) is 4.29. The molecule has 7 heteroatoms. The minimum absolute atomic E-state index is 0.178. The molecule has 0 atom stereocenters. The van der Waals surface area contributed by atoms with Gasteiger partial charge in [-0.15, -0.1) is 0 Å². The van der Waals surface area contributed by atoms with Crippen LogP contribution in [0.5, 0.6) is 11.5 Å². The highest BCUT2D eigenvalue weighted by Crippen LogP contribution is 2.18. The predicted molar refractivity (Wildman–Crippen MR) is 128 cm³/mol. The molecule has 0 saturated carbocycles. The van der Waals surface area contributed by atoms with E-state index in [9.17, 15) is 4.79 Å². The number of carbonyl (C=O) groups excluding carboxylic acids is 1. The van der Waals surface area contributed by atoms with Crippen LogP contribution < -0.4 is 20.1 Å². The minimum Gasteiger partial charge on any atom is -0.490 e. The van der Waals surface area contributed by atoms with Crippen molar-refractivity contribution in [2.75, 3.05) is 18.5 Å². The number of benzene rings is 3. The summed E-state index contributed by atoms with van der Waals surface area (Å²) in [6, 6.07) is 24.4. The normalized spacial score (nSPS) is 10.2. The maximum atomic E-state index is 12.2. The molecule has 3 rings (SSSR count). The van der Waals surface area contributed by atoms with E-state index in [1.54, 1.807) is 0 Å². The molecule has 0 fully saturated rings. The molecule has 0 radical (unpaired) electrons. The molecule has 0 aliphatic rings. The highest BCUT2D eigenvalue weighted by atomic mass is 35.5. The lowest BCUT2D eigenvalue weighted by molar-refractivity contribution is -0.119. The van der Waals surface area contributed by atoms with Crippen molar-refractivity contribution in [1.82, 2.24) is 5.32 Å². The topological polar surface area (TPSA) is 59.6 Å². The lowest BCUT2D eigenvalue weighted by Crippen LogP contribution is -2.34. The van der Waals surface area contributed by atoms with E-state index in [2.05, 4.69) is 10.6 Å². The number of para-hydroxylation sites is 1. The lowest BCUT2D eigenvalue weighted by Gasteiger charge is -2.12. The maximum absolute atomic E-state index is 12.2. The van der Waals surface area contributed by atoms with E-state index < -0.39 is 0 Å². The number of rotatable bonds is 9. The Bertz CT molecular complexity index is 1010. The molecule has 2 N–H and O–H groups in total. The van der Waals surface area contributed by atoms with E-state index in [-0.39, 0.29) is 17.4 Å². The second-order valence-corrected chi connectivity index (χ2v) is 7.45. The van der Waals surface area contributed by atoms with Crippen molar-refractivity contribution < 1.29 is 14.3 Å². The quantitative estimate of drug-likeness (QED) is 0.342. The molecule has 0 spiro atoms. The van der Waals surface area contributed by atoms with Crippen LogP contribution in [-0.2, 0) is 11.2 Å². The highest BCUT2D eigenvalue weighted by molar-refractivity contribution is 7.80. The molecule has 0 aliphatic heterocycles. The van der Waals surface area contributed by atoms with Gasteiger partial charge in [0.05, 0.1) is 0 Å². The fourth-order valence-electron chi connectivity index (χ4n) is 2.80. The number of hydrogen-bond acceptors (Lipinski definition) is 4. The molecule has 3 aromatic rings. The zero-order valence-electron chi connectivity index (χ0n) is 16.8. The Morgan fingerprint density at radius 3 is 2.32 bits per heavy atom. The van der Waals surface area contributed by atoms with Crippen molar-refractivity contribution in [3.63, 3.8) is 0 Å². The maximum Gasteiger partial charge on any atom is 0.226 e. The molecule has 5 nitrogen and oxygen atoms in total. The van der Waals surface area contributed by atoms with Gasteiger partial charge in [-0.05, 0) is 54.5 Å². The van der Waals surface area contributed by atoms with Crippen LogP contribution in [0.2, 0.25) is 5.02 Å². The fourth-order valence-corrected chi connectivity index (χ4v) is 3.26. The number of ether oxygens (including phenoxy) is 2. The fraction of sp³-hybridized carbons (Fsp3) is 0.167. The van der Waals surface area contributed by atoms with Gasteiger partial charge in [-0.1, -0.05) is 54.1 Å². The molecule has 0 heterocycles. The first-order chi connectivity index (χ1) is 15.1. The van der Waals surface area contributed by atoms with Crippen LogP contribution in [0.15, 0.2) is 78.9 Å². The molecule has 160 valence electrons. The minimum atomic E-state index is -0.178. The van der Waals surface area contributed by atoms with Crippen molar-refractivity contribution >= 4 is 40.5 Å². The van der Waals surface area contributed by atoms with E-state index in [0.717, 1.165) is 17.0 Å². The van der Waals surface area contributed by atoms with Gasteiger partial charge in [0.25, 0.3) is 0 Å². The molecule has 0 saturated heterocycles. The Morgan fingerprint density at radius 1 is 0.871 bits per heavy atom. The van der Waals surface area contributed by atoms with Crippen LogP contribution in [0.3, 0.4) is 0 Å². The summed E-state index contributed by atoms with van der Waals surface area (Å²) in [7, 11) is 0. The molecule has 0 aromatic heterocycles. The number of aryl methyl sites for hydroxylation is 1. The molecule has 0 aliphatic carbocycles. The van der Waals surface area contributed by atoms with Crippen molar-refractivity contribution in [3.05, 3.63) is 89.4 Å². The first kappa shape index (κ1) is 22.6. The Hall–Kier alpha value is -3.09. The number of anilines is 1. The summed E-state index contributed by atoms with van der Waals surface area (Å²) in [5.74, 6) is 1.30. The summed E-state index contributed by atoms with van der Waals surface area (Å²) in [5.41, 5.74) is 1.65. The van der Waals surface area contributed by atoms with Crippen LogP contribution in [0, 0.1) is 0 Å². The lowest BCUT2D eigenvalue weighted by atomic mass is 10.1. The number of carbonyl (C=O) groups is 1. The number of halogens is 1. The Kier molecular flexibility index (Phi) is 8.70. The van der Waals surface area contributed by atoms with E-state index in [1.165, 1.54) is 0 Å². The number of hydrogen-bond donors (Lipinski definition) is 2. The Balaban J connectivity index is 1.40. The average molecular weight is 455 g/mol. The van der Waals surface area contributed by atoms with Crippen LogP contribution in [0.1, 0.15) is 12.0 Å². The van der Waals surface area contributed by atoms with Crippen molar-refractivity contribution in [2.45, 2.75) is 12.8 Å². The van der Waals surface area contributed by atoms with Gasteiger partial charge in [0, 0.05) is 23.2 Å². The predicted octanol–water partition coefficient (Wildman–Crippen LogP) is 5.24. The summed E-state index contributed by atoms with van der Waals surface area (Å²) >= 11 is 11.4. The SMILES string of the molecule is O=C(CCc1ccccc1Cl)NC(=S)Nc1cccc(OCCOc2ccccc2)c1. The standard InChI is InChI=1S/C24H23ClN2O3S/c25-22-12-5-4-7-18(22)13-14-23(28)27-24(31)26-19-8-6-11-21(17-19)30-16-15-29-20-9-2-1-3-10-20/h1-12,17H,13-16H2,(H2,26,27,28,31). The largest absolute Gasteiger partial charge is 0.490 e. The van der Waals surface area contributed by atoms with Gasteiger partial charge in [-0.2, -0.15) is 0 Å². The van der Waals surface area contributed by atoms with Gasteiger partial charge in [0.2, 0.25) is 5.91 Å². The van der Waals surface area contributed by atoms with Gasteiger partial charge in [0.15, 0.2) is 5.11 Å². The van der Waals surface area contributed by atoms with Crippen molar-refractivity contribution in [1.29, 1.82) is 0 Å². The van der Waals surface area contributed by atoms with Gasteiger partial charge in [0.1, 0.15) is 24.7 Å². The first-order valence-corrected chi connectivity index (χ1v) is 10.6. The molecular weight excluding hydrogens is 432 g/mol. The smallest absolute Gasteiger partial charge is 0.226 e. The van der Waals surface area contributed by atoms with E-state index >= 15 is 0 Å². The number of nitrogens with one attached hydrogen (secondary N) is 2. The summed E-state index contributed by atoms with van der Waals surface area (Å²) < 4.78 is 11.3. The van der Waals surface area contributed by atoms with Gasteiger partial charge >= 0.3 is 0 Å². The molecular formula is C24H23ClN2O3S. The second kappa shape index (κ2) is 11.9. The second-order valence-electron chi connectivity index (χ2n) is 6.63. The van der Waals surface area contributed by atoms with E-state index in [1.807, 2.05) is 78.9 Å². The number of thiocarbonyl (C=S) groups is 1. The Morgan fingerprint density at radius 2 is 1.55 bits per heavy atom. The molecule has 3 aromatic carbocycles. The van der Waals surface area contributed by atoms with Crippen LogP contribution in [0.4, 0.5) is 5.69 Å². The van der Waals surface area contributed by atoms with Gasteiger partial charge in [-0.3, -0.25) is 4.79 Å². The third-order valence-corrected chi connectivity index (χ3v) is 4.86. The first-order valence-electron chi connectivity index (χ1n) is 9.85. The summed E-state index contributed by atoms with van der Waals surface area (Å²) in [5, 5.41) is 6.57.